The van der Waals surface area contributed by atoms with Gasteiger partial charge in [0.15, 0.2) is 0 Å². The van der Waals surface area contributed by atoms with Gasteiger partial charge >= 0.3 is 6.18 Å². The topological polar surface area (TPSA) is 102 Å². The van der Waals surface area contributed by atoms with Crippen LogP contribution in [0.1, 0.15) is 72.4 Å². The molecule has 1 aromatic heterocycles. The molecule has 0 aliphatic carbocycles. The highest BCUT2D eigenvalue weighted by molar-refractivity contribution is 7.90. The van der Waals surface area contributed by atoms with Crippen molar-refractivity contribution in [3.8, 4) is 5.69 Å². The van der Waals surface area contributed by atoms with E-state index in [1.165, 1.54) is 41.3 Å². The first-order valence-corrected chi connectivity index (χ1v) is 16.3. The summed E-state index contributed by atoms with van der Waals surface area (Å²) in [7, 11) is 0. The summed E-state index contributed by atoms with van der Waals surface area (Å²) in [5.74, 6) is -2.62. The highest BCUT2D eigenvalue weighted by Gasteiger charge is 2.47. The number of benzene rings is 3. The largest absolute Gasteiger partial charge is 0.598 e. The van der Waals surface area contributed by atoms with Crippen molar-refractivity contribution in [1.82, 2.24) is 19.8 Å². The Morgan fingerprint density at radius 1 is 1.06 bits per heavy atom. The molecule has 0 fully saturated rings. The Kier molecular flexibility index (Phi) is 9.86. The van der Waals surface area contributed by atoms with Crippen molar-refractivity contribution in [2.45, 2.75) is 56.6 Å². The summed E-state index contributed by atoms with van der Waals surface area (Å²) >= 11 is -1.59. The highest BCUT2D eigenvalue weighted by atomic mass is 32.2. The lowest BCUT2D eigenvalue weighted by molar-refractivity contribution is -0.137. The normalized spacial score (nSPS) is 17.9. The van der Waals surface area contributed by atoms with Crippen LogP contribution >= 0.6 is 0 Å². The fourth-order valence-electron chi connectivity index (χ4n) is 5.61. The van der Waals surface area contributed by atoms with Gasteiger partial charge in [-0.25, -0.2) is 9.07 Å². The molecule has 4 atom stereocenters. The van der Waals surface area contributed by atoms with Crippen molar-refractivity contribution in [3.05, 3.63) is 125 Å². The molecule has 8 nitrogen and oxygen atoms in total. The number of hydrogen-bond acceptors (Lipinski definition) is 5. The standard InChI is InChI=1S/C35H35F4N5O3S/c1-6-26(42-48(47)34(3,4)5)29-28-27(21-16-18-24(36)19-17-21)30(40-31(45)22-12-11-13-23(20-22)35(37,38)39)33(46)43(7-2)32(28)44(41-29)25-14-9-8-10-15-25/h6,8-20,26-27,30,42H,1,7H2,2-5H3,(H,40,45)/t26-,27+,30+,48?/m1/s1. The summed E-state index contributed by atoms with van der Waals surface area (Å²) in [5.41, 5.74) is 0.538. The third-order valence-electron chi connectivity index (χ3n) is 7.96. The highest BCUT2D eigenvalue weighted by Crippen LogP contribution is 2.45. The predicted octanol–water partition coefficient (Wildman–Crippen LogP) is 6.61. The third-order valence-corrected chi connectivity index (χ3v) is 9.54. The van der Waals surface area contributed by atoms with E-state index in [0.29, 0.717) is 28.3 Å². The second kappa shape index (κ2) is 13.6. The lowest BCUT2D eigenvalue weighted by atomic mass is 9.80. The second-order valence-electron chi connectivity index (χ2n) is 12.2. The zero-order valence-corrected chi connectivity index (χ0v) is 27.5. The fourth-order valence-corrected chi connectivity index (χ4v) is 6.40. The van der Waals surface area contributed by atoms with Crippen LogP contribution in [-0.4, -0.2) is 43.5 Å². The van der Waals surface area contributed by atoms with Crippen molar-refractivity contribution in [2.24, 2.45) is 0 Å². The quantitative estimate of drug-likeness (QED) is 0.118. The number of halogens is 4. The molecule has 1 aliphatic heterocycles. The van der Waals surface area contributed by atoms with E-state index in [0.717, 1.165) is 18.2 Å². The van der Waals surface area contributed by atoms with E-state index in [1.54, 1.807) is 56.6 Å². The lowest BCUT2D eigenvalue weighted by Crippen LogP contribution is -2.55. The molecule has 1 aliphatic rings. The molecule has 0 saturated heterocycles. The van der Waals surface area contributed by atoms with Crippen LogP contribution in [0.3, 0.4) is 0 Å². The van der Waals surface area contributed by atoms with Gasteiger partial charge in [-0.05, 0) is 75.7 Å². The average Bonchev–Trinajstić information content (AvgIpc) is 3.43. The van der Waals surface area contributed by atoms with Crippen molar-refractivity contribution >= 4 is 29.0 Å². The number of hydrogen-bond donors (Lipinski definition) is 2. The Morgan fingerprint density at radius 3 is 2.31 bits per heavy atom. The van der Waals surface area contributed by atoms with Crippen LogP contribution in [0.25, 0.3) is 5.69 Å². The number of rotatable bonds is 9. The minimum Gasteiger partial charge on any atom is -0.598 e. The molecule has 2 heterocycles. The van der Waals surface area contributed by atoms with Gasteiger partial charge in [0.05, 0.1) is 16.9 Å². The molecular weight excluding hydrogens is 646 g/mol. The van der Waals surface area contributed by atoms with Crippen LogP contribution in [0.2, 0.25) is 0 Å². The summed E-state index contributed by atoms with van der Waals surface area (Å²) in [4.78, 5) is 29.5. The predicted molar refractivity (Wildman–Crippen MR) is 177 cm³/mol. The molecule has 252 valence electrons. The van der Waals surface area contributed by atoms with Crippen LogP contribution in [0.4, 0.5) is 23.4 Å². The molecule has 0 bridgehead atoms. The van der Waals surface area contributed by atoms with E-state index in [9.17, 15) is 31.7 Å². The van der Waals surface area contributed by atoms with Gasteiger partial charge in [0.25, 0.3) is 11.8 Å². The average molecular weight is 682 g/mol. The first kappa shape index (κ1) is 34.9. The van der Waals surface area contributed by atoms with E-state index in [-0.39, 0.29) is 12.1 Å². The van der Waals surface area contributed by atoms with Gasteiger partial charge in [-0.3, -0.25) is 14.5 Å². The lowest BCUT2D eigenvalue weighted by Gasteiger charge is -2.39. The van der Waals surface area contributed by atoms with Gasteiger partial charge < -0.3 is 9.87 Å². The van der Waals surface area contributed by atoms with Gasteiger partial charge in [0.1, 0.15) is 28.5 Å². The number of nitrogens with zero attached hydrogens (tertiary/aromatic N) is 3. The molecular formula is C35H35F4N5O3S. The number of aromatic nitrogens is 2. The van der Waals surface area contributed by atoms with E-state index in [2.05, 4.69) is 16.6 Å². The zero-order chi connectivity index (χ0) is 35.0. The molecule has 48 heavy (non-hydrogen) atoms. The fraction of sp³-hybridized carbons (Fsp3) is 0.286. The van der Waals surface area contributed by atoms with Crippen LogP contribution in [0.5, 0.6) is 0 Å². The van der Waals surface area contributed by atoms with E-state index in [4.69, 9.17) is 5.10 Å². The molecule has 2 amide bonds. The smallest absolute Gasteiger partial charge is 0.416 e. The summed E-state index contributed by atoms with van der Waals surface area (Å²) in [6.45, 7) is 11.2. The van der Waals surface area contributed by atoms with Crippen LogP contribution in [0, 0.1) is 5.82 Å². The van der Waals surface area contributed by atoms with Crippen molar-refractivity contribution in [3.63, 3.8) is 0 Å². The SMILES string of the molecule is C=C[C@@H](N[S+]([O-])C(C)(C)C)c1nn(-c2ccccc2)c2c1[C@H](c1ccc(F)cc1)[C@H](NC(=O)c1cccc(C(F)(F)F)c1)C(=O)N2CC. The molecule has 13 heteroatoms. The van der Waals surface area contributed by atoms with Crippen LogP contribution in [0.15, 0.2) is 91.5 Å². The summed E-state index contributed by atoms with van der Waals surface area (Å²) in [6.07, 6.45) is -3.16. The maximum atomic E-state index is 14.4. The molecule has 4 aromatic rings. The summed E-state index contributed by atoms with van der Waals surface area (Å²) < 4.78 is 72.2. The molecule has 3 aromatic carbocycles. The first-order valence-electron chi connectivity index (χ1n) is 15.2. The molecule has 0 radical (unpaired) electrons. The van der Waals surface area contributed by atoms with Gasteiger partial charge in [0.2, 0.25) is 0 Å². The van der Waals surface area contributed by atoms with Crippen LogP contribution in [-0.2, 0) is 22.3 Å². The van der Waals surface area contributed by atoms with Gasteiger partial charge in [-0.15, -0.1) is 11.3 Å². The number of likely N-dealkylation sites (N-methyl/N-ethyl adjacent to an activating group) is 1. The molecule has 0 spiro atoms. The van der Waals surface area contributed by atoms with Crippen molar-refractivity contribution < 1.29 is 31.7 Å². The van der Waals surface area contributed by atoms with E-state index < -0.39 is 63.5 Å². The minimum atomic E-state index is -4.69. The molecule has 2 N–H and O–H groups in total. The Labute approximate surface area is 279 Å². The molecule has 0 saturated carbocycles. The molecule has 1 unspecified atom stereocenters. The van der Waals surface area contributed by atoms with Crippen molar-refractivity contribution in [1.29, 1.82) is 0 Å². The first-order chi connectivity index (χ1) is 22.6. The van der Waals surface area contributed by atoms with Gasteiger partial charge in [-0.2, -0.15) is 18.3 Å². The number of fused-ring (bicyclic) bond motifs is 1. The van der Waals surface area contributed by atoms with Crippen LogP contribution < -0.4 is 14.9 Å². The Hall–Kier alpha value is -4.46. The van der Waals surface area contributed by atoms with E-state index in [1.807, 2.05) is 6.07 Å². The second-order valence-corrected chi connectivity index (χ2v) is 14.2. The maximum absolute atomic E-state index is 14.4. The van der Waals surface area contributed by atoms with Gasteiger partial charge in [0, 0.05) is 35.0 Å². The Bertz CT molecular complexity index is 1810. The Morgan fingerprint density at radius 2 is 1.73 bits per heavy atom. The number of nitrogens with one attached hydrogen (secondary N) is 2. The van der Waals surface area contributed by atoms with Crippen molar-refractivity contribution in [2.75, 3.05) is 11.4 Å². The summed E-state index contributed by atoms with van der Waals surface area (Å²) in [5, 5.41) is 7.64. The number of carbonyl (C=O) groups excluding carboxylic acids is 2. The minimum absolute atomic E-state index is 0.135. The maximum Gasteiger partial charge on any atom is 0.416 e. The third kappa shape index (κ3) is 6.89. The monoisotopic (exact) mass is 681 g/mol. The number of amides is 2. The number of alkyl halides is 3. The Balaban J connectivity index is 1.75. The number of carbonyl (C=O) groups is 2. The number of para-hydroxylation sites is 1. The summed E-state index contributed by atoms with van der Waals surface area (Å²) in [6, 6.07) is 16.2. The molecule has 5 rings (SSSR count). The zero-order valence-electron chi connectivity index (χ0n) is 26.7. The van der Waals surface area contributed by atoms with E-state index >= 15 is 0 Å². The number of anilines is 1. The van der Waals surface area contributed by atoms with Gasteiger partial charge in [-0.1, -0.05) is 42.5 Å².